The summed E-state index contributed by atoms with van der Waals surface area (Å²) in [7, 11) is 0. The van der Waals surface area contributed by atoms with E-state index in [2.05, 4.69) is 0 Å². The molecule has 4 aliphatic heterocycles. The number of hydrogen-bond acceptors (Lipinski definition) is 12. The van der Waals surface area contributed by atoms with Gasteiger partial charge >= 0.3 is 5.97 Å². The van der Waals surface area contributed by atoms with Crippen molar-refractivity contribution < 1.29 is 59.5 Å². The molecular weight excluding hydrogens is 444 g/mol. The van der Waals surface area contributed by atoms with Crippen molar-refractivity contribution >= 4 is 5.97 Å². The Morgan fingerprint density at radius 2 is 1.82 bits per heavy atom. The molecule has 12 nitrogen and oxygen atoms in total. The number of aliphatic hydroxyl groups excluding tert-OH is 5. The van der Waals surface area contributed by atoms with Crippen molar-refractivity contribution in [1.29, 1.82) is 0 Å². The van der Waals surface area contributed by atoms with Gasteiger partial charge in [0, 0.05) is 11.8 Å². The summed E-state index contributed by atoms with van der Waals surface area (Å²) >= 11 is 0. The summed E-state index contributed by atoms with van der Waals surface area (Å²) in [4.78, 5) is 12.7. The highest BCUT2D eigenvalue weighted by Crippen LogP contribution is 2.79. The maximum absolute atomic E-state index is 12.7. The molecule has 2 bridgehead atoms. The molecule has 1 saturated carbocycles. The highest BCUT2D eigenvalue weighted by atomic mass is 16.7. The third kappa shape index (κ3) is 2.47. The van der Waals surface area contributed by atoms with Crippen LogP contribution in [0.1, 0.15) is 33.1 Å². The standard InChI is InChI=1S/C21H32O12/c1-9-3-4-20-18(8-31-16-13(25)12(24)11(23)10(5-22)32-16)7-30-15(27)14(26)19(9,20)6-21(29,33-20)17(18,2)28/h9-14,16,22-26,28-29H,3-8H2,1-2H3/t9-,10-,11-,12+,13-,14+,16-,17-,18-,19+,20+,21-/m1/s1. The zero-order chi connectivity index (χ0) is 24.2. The van der Waals surface area contributed by atoms with Gasteiger partial charge in [-0.15, -0.1) is 0 Å². The van der Waals surface area contributed by atoms with Crippen LogP contribution in [0.2, 0.25) is 0 Å². The molecule has 5 aliphatic rings. The molecule has 4 heterocycles. The molecule has 4 saturated heterocycles. The predicted octanol–water partition coefficient (Wildman–Crippen LogP) is -3.26. The van der Waals surface area contributed by atoms with Crippen LogP contribution in [0.15, 0.2) is 0 Å². The summed E-state index contributed by atoms with van der Waals surface area (Å²) in [6, 6.07) is 0. The molecule has 0 amide bonds. The Labute approximate surface area is 189 Å². The third-order valence-corrected chi connectivity index (χ3v) is 9.42. The number of ether oxygens (including phenoxy) is 4. The zero-order valence-electron chi connectivity index (χ0n) is 18.5. The van der Waals surface area contributed by atoms with Crippen LogP contribution in [0, 0.1) is 16.7 Å². The number of rotatable bonds is 4. The lowest BCUT2D eigenvalue weighted by atomic mass is 9.47. The summed E-state index contributed by atoms with van der Waals surface area (Å²) in [5.74, 6) is -3.24. The number of cyclic esters (lactones) is 1. The molecule has 1 aliphatic carbocycles. The topological polar surface area (TPSA) is 196 Å². The number of esters is 1. The second-order valence-electron chi connectivity index (χ2n) is 10.5. The first-order chi connectivity index (χ1) is 15.3. The molecule has 1 spiro atoms. The van der Waals surface area contributed by atoms with Gasteiger partial charge in [-0.1, -0.05) is 6.92 Å². The first-order valence-corrected chi connectivity index (χ1v) is 11.3. The molecule has 5 rings (SSSR count). The smallest absolute Gasteiger partial charge is 0.335 e. The van der Waals surface area contributed by atoms with Gasteiger partial charge < -0.3 is 54.7 Å². The van der Waals surface area contributed by atoms with Crippen molar-refractivity contribution in [3.63, 3.8) is 0 Å². The van der Waals surface area contributed by atoms with E-state index in [-0.39, 0.29) is 12.3 Å². The molecule has 12 heteroatoms. The van der Waals surface area contributed by atoms with Crippen LogP contribution in [0.5, 0.6) is 0 Å². The van der Waals surface area contributed by atoms with Crippen LogP contribution in [0.25, 0.3) is 0 Å². The van der Waals surface area contributed by atoms with Gasteiger partial charge in [-0.3, -0.25) is 0 Å². The summed E-state index contributed by atoms with van der Waals surface area (Å²) in [6.07, 6.45) is -8.55. The lowest BCUT2D eigenvalue weighted by Crippen LogP contribution is -2.72. The molecule has 0 radical (unpaired) electrons. The van der Waals surface area contributed by atoms with E-state index in [1.807, 2.05) is 6.92 Å². The van der Waals surface area contributed by atoms with Crippen molar-refractivity contribution in [2.75, 3.05) is 19.8 Å². The molecular formula is C21H32O12. The van der Waals surface area contributed by atoms with Crippen LogP contribution < -0.4 is 0 Å². The number of carbonyl (C=O) groups is 1. The predicted molar refractivity (Wildman–Crippen MR) is 104 cm³/mol. The second kappa shape index (κ2) is 7.06. The molecule has 7 N–H and O–H groups in total. The SMILES string of the molecule is C[C@@H]1CC[C@@]23O[C@]4(O)C[C@@]12[C@@H](O)C(=O)OC[C@@]3(CO[C@@H]1O[C@H](CO)[C@@H](O)[C@H](O)[C@H]1O)[C@@]4(C)O. The molecule has 0 aromatic rings. The molecule has 0 aromatic carbocycles. The van der Waals surface area contributed by atoms with E-state index in [0.29, 0.717) is 12.8 Å². The van der Waals surface area contributed by atoms with Gasteiger partial charge in [-0.2, -0.15) is 0 Å². The lowest BCUT2D eigenvalue weighted by Gasteiger charge is -2.57. The first-order valence-electron chi connectivity index (χ1n) is 11.3. The van der Waals surface area contributed by atoms with E-state index >= 15 is 0 Å². The van der Waals surface area contributed by atoms with E-state index in [4.69, 9.17) is 18.9 Å². The van der Waals surface area contributed by atoms with Crippen LogP contribution >= 0.6 is 0 Å². The fraction of sp³-hybridized carbons (Fsp3) is 0.952. The molecule has 33 heavy (non-hydrogen) atoms. The normalized spacial score (nSPS) is 59.9. The van der Waals surface area contributed by atoms with Gasteiger partial charge in [0.1, 0.15) is 36.6 Å². The Morgan fingerprint density at radius 3 is 2.48 bits per heavy atom. The fourth-order valence-corrected chi connectivity index (χ4v) is 7.37. The Balaban J connectivity index is 1.55. The minimum Gasteiger partial charge on any atom is -0.463 e. The first kappa shape index (κ1) is 23.8. The fourth-order valence-electron chi connectivity index (χ4n) is 7.37. The monoisotopic (exact) mass is 476 g/mol. The average Bonchev–Trinajstić information content (AvgIpc) is 3.25. The average molecular weight is 476 g/mol. The largest absolute Gasteiger partial charge is 0.463 e. The van der Waals surface area contributed by atoms with Gasteiger partial charge in [0.2, 0.25) is 0 Å². The quantitative estimate of drug-likeness (QED) is 0.200. The molecule has 0 unspecified atom stereocenters. The van der Waals surface area contributed by atoms with Crippen LogP contribution in [0.3, 0.4) is 0 Å². The number of hydrogen-bond donors (Lipinski definition) is 7. The highest BCUT2D eigenvalue weighted by molar-refractivity contribution is 5.77. The lowest BCUT2D eigenvalue weighted by molar-refractivity contribution is -0.321. The molecule has 188 valence electrons. The molecule has 12 atom stereocenters. The van der Waals surface area contributed by atoms with E-state index in [0.717, 1.165) is 0 Å². The summed E-state index contributed by atoms with van der Waals surface area (Å²) < 4.78 is 22.8. The maximum Gasteiger partial charge on any atom is 0.335 e. The Kier molecular flexibility index (Phi) is 5.09. The van der Waals surface area contributed by atoms with Crippen LogP contribution in [-0.2, 0) is 23.7 Å². The van der Waals surface area contributed by atoms with E-state index in [1.54, 1.807) is 0 Å². The third-order valence-electron chi connectivity index (χ3n) is 9.42. The van der Waals surface area contributed by atoms with Gasteiger partial charge in [0.15, 0.2) is 18.2 Å². The van der Waals surface area contributed by atoms with Crippen molar-refractivity contribution in [3.05, 3.63) is 0 Å². The number of carbonyl (C=O) groups excluding carboxylic acids is 1. The van der Waals surface area contributed by atoms with Gasteiger partial charge in [0.25, 0.3) is 0 Å². The Bertz CT molecular complexity index is 834. The summed E-state index contributed by atoms with van der Waals surface area (Å²) in [5, 5.41) is 74.1. The minimum absolute atomic E-state index is 0.174. The van der Waals surface area contributed by atoms with Gasteiger partial charge in [0.05, 0.1) is 24.2 Å². The number of aliphatic hydroxyl groups is 7. The molecule has 5 fully saturated rings. The Morgan fingerprint density at radius 1 is 1.12 bits per heavy atom. The summed E-state index contributed by atoms with van der Waals surface area (Å²) in [5.41, 5.74) is -6.19. The van der Waals surface area contributed by atoms with Crippen molar-refractivity contribution in [1.82, 2.24) is 0 Å². The van der Waals surface area contributed by atoms with Crippen molar-refractivity contribution in [2.24, 2.45) is 16.7 Å². The Hall–Kier alpha value is -0.930. The van der Waals surface area contributed by atoms with Gasteiger partial charge in [-0.05, 0) is 25.7 Å². The van der Waals surface area contributed by atoms with Crippen LogP contribution in [0.4, 0.5) is 0 Å². The van der Waals surface area contributed by atoms with Gasteiger partial charge in [-0.25, -0.2) is 4.79 Å². The van der Waals surface area contributed by atoms with E-state index in [1.165, 1.54) is 6.92 Å². The maximum atomic E-state index is 12.7. The highest BCUT2D eigenvalue weighted by Gasteiger charge is 2.92. The van der Waals surface area contributed by atoms with Crippen molar-refractivity contribution in [3.8, 4) is 0 Å². The van der Waals surface area contributed by atoms with E-state index < -0.39 is 90.4 Å². The second-order valence-corrected chi connectivity index (χ2v) is 10.5. The van der Waals surface area contributed by atoms with Crippen LogP contribution in [-0.4, -0.2) is 115 Å². The molecule has 0 aromatic heterocycles. The number of fused-ring (bicyclic) bond motifs is 1. The summed E-state index contributed by atoms with van der Waals surface area (Å²) in [6.45, 7) is 1.67. The van der Waals surface area contributed by atoms with Crippen molar-refractivity contribution in [2.45, 2.75) is 86.9 Å². The minimum atomic E-state index is -2.10. The van der Waals surface area contributed by atoms with E-state index in [9.17, 15) is 40.5 Å². The zero-order valence-corrected chi connectivity index (χ0v) is 18.5.